The molecule has 0 unspecified atom stereocenters. The number of hydrogen-bond donors (Lipinski definition) is 2. The third-order valence-corrected chi connectivity index (χ3v) is 7.03. The fraction of sp³-hybridized carbons (Fsp3) is 0.227. The Morgan fingerprint density at radius 3 is 2.82 bits per heavy atom. The lowest BCUT2D eigenvalue weighted by Gasteiger charge is -2.06. The van der Waals surface area contributed by atoms with Crippen molar-refractivity contribution >= 4 is 61.0 Å². The zero-order valence-electron chi connectivity index (χ0n) is 17.0. The summed E-state index contributed by atoms with van der Waals surface area (Å²) < 4.78 is 40.5. The summed E-state index contributed by atoms with van der Waals surface area (Å²) in [6.07, 6.45) is 0.615. The molecule has 0 radical (unpaired) electrons. The smallest absolute Gasteiger partial charge is 0.343 e. The number of thioether (sulfide) groups is 1. The molecular formula is C22H19F3N4O2S2. The number of fused-ring (bicyclic) bond motifs is 4. The van der Waals surface area contributed by atoms with Gasteiger partial charge in [0.25, 0.3) is 11.7 Å². The lowest BCUT2D eigenvalue weighted by atomic mass is 10.0. The van der Waals surface area contributed by atoms with Crippen molar-refractivity contribution in [2.45, 2.75) is 23.4 Å². The average molecular weight is 493 g/mol. The van der Waals surface area contributed by atoms with Crippen molar-refractivity contribution in [2.75, 3.05) is 18.4 Å². The van der Waals surface area contributed by atoms with E-state index in [4.69, 9.17) is 0 Å². The van der Waals surface area contributed by atoms with E-state index in [2.05, 4.69) is 20.2 Å². The van der Waals surface area contributed by atoms with Crippen LogP contribution in [0.4, 0.5) is 18.3 Å². The fourth-order valence-corrected chi connectivity index (χ4v) is 5.63. The van der Waals surface area contributed by atoms with Crippen LogP contribution in [0.5, 0.6) is 0 Å². The standard InChI is InChI=1S/C22H17F3N4O2S2.H2/c23-22(24,25)33-12-5-6-14-17(11-12)32-21(27-14)28-20(31)19(30)18-13-3-1-2-4-15(13)29-10-9-26-8-7-16(18)29;/h1-6,11,26H,7-10H2,(H,27,28,31);1H. The van der Waals surface area contributed by atoms with Gasteiger partial charge in [0.1, 0.15) is 0 Å². The second-order valence-corrected chi connectivity index (χ2v) is 9.64. The summed E-state index contributed by atoms with van der Waals surface area (Å²) >= 11 is 0.813. The van der Waals surface area contributed by atoms with E-state index in [1.54, 1.807) is 0 Å². The van der Waals surface area contributed by atoms with Crippen molar-refractivity contribution in [3.8, 4) is 0 Å². The first kappa shape index (κ1) is 21.9. The van der Waals surface area contributed by atoms with Crippen LogP contribution in [0.2, 0.25) is 0 Å². The van der Waals surface area contributed by atoms with E-state index in [-0.39, 0.29) is 23.2 Å². The molecule has 6 nitrogen and oxygen atoms in total. The van der Waals surface area contributed by atoms with Crippen LogP contribution < -0.4 is 10.6 Å². The fourth-order valence-electron chi connectivity index (χ4n) is 4.07. The number of amides is 1. The van der Waals surface area contributed by atoms with Gasteiger partial charge in [-0.3, -0.25) is 14.9 Å². The Morgan fingerprint density at radius 2 is 2.00 bits per heavy atom. The number of thiazole rings is 1. The maximum absolute atomic E-state index is 13.2. The van der Waals surface area contributed by atoms with Crippen LogP contribution in [0.25, 0.3) is 21.1 Å². The van der Waals surface area contributed by atoms with Crippen molar-refractivity contribution in [2.24, 2.45) is 0 Å². The second kappa shape index (κ2) is 8.47. The number of anilines is 1. The molecule has 1 aliphatic rings. The molecule has 0 fully saturated rings. The van der Waals surface area contributed by atoms with E-state index in [1.807, 2.05) is 24.3 Å². The van der Waals surface area contributed by atoms with Gasteiger partial charge in [-0.1, -0.05) is 29.5 Å². The van der Waals surface area contributed by atoms with Gasteiger partial charge in [0.05, 0.1) is 15.8 Å². The Kier molecular flexibility index (Phi) is 5.63. The molecule has 2 aromatic carbocycles. The highest BCUT2D eigenvalue weighted by atomic mass is 32.2. The molecule has 3 heterocycles. The molecule has 2 aromatic heterocycles. The molecule has 1 aliphatic heterocycles. The van der Waals surface area contributed by atoms with Crippen molar-refractivity contribution in [3.05, 3.63) is 53.7 Å². The van der Waals surface area contributed by atoms with E-state index in [9.17, 15) is 22.8 Å². The number of nitrogens with one attached hydrogen (secondary N) is 2. The maximum atomic E-state index is 13.2. The van der Waals surface area contributed by atoms with Gasteiger partial charge >= 0.3 is 5.51 Å². The van der Waals surface area contributed by atoms with Crippen molar-refractivity contribution in [1.82, 2.24) is 14.9 Å². The van der Waals surface area contributed by atoms with E-state index >= 15 is 0 Å². The molecule has 0 spiro atoms. The van der Waals surface area contributed by atoms with Gasteiger partial charge in [-0.05, 0) is 36.0 Å². The van der Waals surface area contributed by atoms with Crippen LogP contribution in [-0.4, -0.2) is 39.8 Å². The topological polar surface area (TPSA) is 76.0 Å². The first-order valence-electron chi connectivity index (χ1n) is 10.1. The third kappa shape index (κ3) is 4.35. The first-order chi connectivity index (χ1) is 15.8. The molecule has 33 heavy (non-hydrogen) atoms. The number of nitrogens with zero attached hydrogens (tertiary/aromatic N) is 2. The molecule has 2 N–H and O–H groups in total. The monoisotopic (exact) mass is 492 g/mol. The minimum Gasteiger partial charge on any atom is -0.343 e. The van der Waals surface area contributed by atoms with Crippen LogP contribution in [0.1, 0.15) is 17.5 Å². The number of para-hydroxylation sites is 1. The largest absolute Gasteiger partial charge is 0.446 e. The molecule has 0 aliphatic carbocycles. The summed E-state index contributed by atoms with van der Waals surface area (Å²) in [5.41, 5.74) is -1.84. The zero-order chi connectivity index (χ0) is 23.2. The molecule has 5 rings (SSSR count). The molecule has 4 aromatic rings. The van der Waals surface area contributed by atoms with E-state index in [0.717, 1.165) is 34.5 Å². The van der Waals surface area contributed by atoms with Crippen LogP contribution in [-0.2, 0) is 17.8 Å². The van der Waals surface area contributed by atoms with Crippen molar-refractivity contribution < 1.29 is 24.2 Å². The van der Waals surface area contributed by atoms with Gasteiger partial charge in [0, 0.05) is 49.0 Å². The Hall–Kier alpha value is -2.89. The predicted molar refractivity (Wildman–Crippen MR) is 125 cm³/mol. The molecule has 0 bridgehead atoms. The number of Topliss-reactive ketones (excluding diaryl/α,β-unsaturated/α-hetero) is 1. The number of rotatable bonds is 4. The Labute approximate surface area is 195 Å². The molecule has 0 saturated heterocycles. The molecule has 11 heteroatoms. The van der Waals surface area contributed by atoms with Crippen LogP contribution in [0.3, 0.4) is 0 Å². The highest BCUT2D eigenvalue weighted by molar-refractivity contribution is 8.00. The summed E-state index contributed by atoms with van der Waals surface area (Å²) in [5, 5.41) is 6.73. The van der Waals surface area contributed by atoms with E-state index in [0.29, 0.717) is 35.3 Å². The van der Waals surface area contributed by atoms with Gasteiger partial charge in [-0.25, -0.2) is 4.98 Å². The van der Waals surface area contributed by atoms with E-state index in [1.165, 1.54) is 18.2 Å². The number of halogens is 3. The Morgan fingerprint density at radius 1 is 1.18 bits per heavy atom. The van der Waals surface area contributed by atoms with Crippen LogP contribution >= 0.6 is 23.1 Å². The highest BCUT2D eigenvalue weighted by Crippen LogP contribution is 2.39. The van der Waals surface area contributed by atoms with Crippen LogP contribution in [0.15, 0.2) is 47.4 Å². The second-order valence-electron chi connectivity index (χ2n) is 7.47. The van der Waals surface area contributed by atoms with Gasteiger partial charge in [0.15, 0.2) is 5.13 Å². The minimum absolute atomic E-state index is 0. The third-order valence-electron chi connectivity index (χ3n) is 5.38. The van der Waals surface area contributed by atoms with Gasteiger partial charge in [-0.2, -0.15) is 13.2 Å². The minimum atomic E-state index is -4.39. The van der Waals surface area contributed by atoms with Crippen molar-refractivity contribution in [1.29, 1.82) is 0 Å². The molecular weight excluding hydrogens is 473 g/mol. The van der Waals surface area contributed by atoms with Gasteiger partial charge in [-0.15, -0.1) is 0 Å². The summed E-state index contributed by atoms with van der Waals surface area (Å²) in [6, 6.07) is 11.7. The molecule has 172 valence electrons. The first-order valence-corrected chi connectivity index (χ1v) is 11.8. The van der Waals surface area contributed by atoms with Crippen molar-refractivity contribution in [3.63, 3.8) is 0 Å². The normalized spacial score (nSPS) is 14.3. The zero-order valence-corrected chi connectivity index (χ0v) is 18.7. The molecule has 0 atom stereocenters. The number of carbonyl (C=O) groups excluding carboxylic acids is 2. The molecule has 1 amide bonds. The highest BCUT2D eigenvalue weighted by Gasteiger charge is 2.30. The van der Waals surface area contributed by atoms with Crippen LogP contribution in [0, 0.1) is 0 Å². The maximum Gasteiger partial charge on any atom is 0.446 e. The van der Waals surface area contributed by atoms with E-state index < -0.39 is 17.2 Å². The Bertz CT molecular complexity index is 1400. The SMILES string of the molecule is O=C(Nc1nc2ccc(SC(F)(F)F)cc2s1)C(=O)c1c2n(c3ccccc13)CCNCC2.[HH]. The predicted octanol–water partition coefficient (Wildman–Crippen LogP) is 5.08. The number of aromatic nitrogens is 2. The van der Waals surface area contributed by atoms with Gasteiger partial charge < -0.3 is 9.88 Å². The summed E-state index contributed by atoms with van der Waals surface area (Å²) in [7, 11) is 0. The Balaban J connectivity index is 0.00000274. The number of alkyl halides is 3. The lowest BCUT2D eigenvalue weighted by Crippen LogP contribution is -2.24. The summed E-state index contributed by atoms with van der Waals surface area (Å²) in [4.78, 5) is 30.4. The lowest BCUT2D eigenvalue weighted by molar-refractivity contribution is -0.112. The quantitative estimate of drug-likeness (QED) is 0.236. The van der Waals surface area contributed by atoms with Gasteiger partial charge in [0.2, 0.25) is 0 Å². The summed E-state index contributed by atoms with van der Waals surface area (Å²) in [5.74, 6) is -1.48. The molecule has 0 saturated carbocycles. The number of hydrogen-bond acceptors (Lipinski definition) is 6. The number of carbonyl (C=O) groups is 2. The average Bonchev–Trinajstić information content (AvgIpc) is 3.19. The number of benzene rings is 2. The summed E-state index contributed by atoms with van der Waals surface area (Å²) in [6.45, 7) is 2.17. The number of ketones is 1.